The fraction of sp³-hybridized carbons (Fsp3) is 1.00. The summed E-state index contributed by atoms with van der Waals surface area (Å²) in [7, 11) is 0. The van der Waals surface area contributed by atoms with Crippen LogP contribution in [0.25, 0.3) is 0 Å². The highest BCUT2D eigenvalue weighted by atomic mass is 16.5. The monoisotopic (exact) mass is 174 g/mol. The van der Waals surface area contributed by atoms with Gasteiger partial charge in [-0.1, -0.05) is 6.42 Å². The summed E-state index contributed by atoms with van der Waals surface area (Å²) in [6.07, 6.45) is 4.05. The molecule has 72 valence electrons. The third-order valence-corrected chi connectivity index (χ3v) is 2.49. The molecule has 2 N–H and O–H groups in total. The highest BCUT2D eigenvalue weighted by Gasteiger charge is 2.24. The molecule has 2 unspecified atom stereocenters. The summed E-state index contributed by atoms with van der Waals surface area (Å²) in [6.45, 7) is 1.18. The van der Waals surface area contributed by atoms with Crippen LogP contribution in [0.15, 0.2) is 0 Å². The van der Waals surface area contributed by atoms with Gasteiger partial charge in [0.05, 0.1) is 19.3 Å². The highest BCUT2D eigenvalue weighted by Crippen LogP contribution is 2.27. The second-order valence-corrected chi connectivity index (χ2v) is 3.38. The average Bonchev–Trinajstić information content (AvgIpc) is 2.46. The fourth-order valence-electron chi connectivity index (χ4n) is 1.76. The zero-order valence-corrected chi connectivity index (χ0v) is 7.41. The molecule has 1 fully saturated rings. The molecule has 0 aliphatic heterocycles. The molecule has 0 aromatic carbocycles. The van der Waals surface area contributed by atoms with E-state index in [-0.39, 0.29) is 12.7 Å². The van der Waals surface area contributed by atoms with E-state index in [2.05, 4.69) is 0 Å². The lowest BCUT2D eigenvalue weighted by molar-refractivity contribution is 0.0625. The van der Waals surface area contributed by atoms with Crippen LogP contribution in [0.1, 0.15) is 25.7 Å². The zero-order chi connectivity index (χ0) is 8.81. The maximum absolute atomic E-state index is 9.44. The minimum absolute atomic E-state index is 0.0905. The average molecular weight is 174 g/mol. The molecule has 3 heteroatoms. The molecule has 1 aliphatic carbocycles. The van der Waals surface area contributed by atoms with Gasteiger partial charge in [-0.15, -0.1) is 0 Å². The van der Waals surface area contributed by atoms with Gasteiger partial charge in [-0.3, -0.25) is 0 Å². The molecule has 0 aromatic heterocycles. The van der Waals surface area contributed by atoms with Crippen molar-refractivity contribution in [2.24, 2.45) is 5.92 Å². The number of hydrogen-bond acceptors (Lipinski definition) is 3. The number of rotatable bonds is 5. The molecule has 0 bridgehead atoms. The lowest BCUT2D eigenvalue weighted by Gasteiger charge is -2.13. The second kappa shape index (κ2) is 5.51. The first-order valence-corrected chi connectivity index (χ1v) is 4.71. The molecule has 1 rings (SSSR count). The van der Waals surface area contributed by atoms with Crippen molar-refractivity contribution in [3.8, 4) is 0 Å². The van der Waals surface area contributed by atoms with Crippen LogP contribution in [0.5, 0.6) is 0 Å². The molecule has 3 nitrogen and oxygen atoms in total. The van der Waals surface area contributed by atoms with Crippen molar-refractivity contribution in [1.82, 2.24) is 0 Å². The highest BCUT2D eigenvalue weighted by molar-refractivity contribution is 4.75. The third kappa shape index (κ3) is 3.09. The molecular weight excluding hydrogens is 156 g/mol. The van der Waals surface area contributed by atoms with E-state index in [0.717, 1.165) is 25.7 Å². The van der Waals surface area contributed by atoms with E-state index in [4.69, 9.17) is 9.84 Å². The Kier molecular flexibility index (Phi) is 4.58. The number of ether oxygens (including phenoxy) is 1. The minimum Gasteiger partial charge on any atom is -0.394 e. The van der Waals surface area contributed by atoms with Gasteiger partial charge in [0.15, 0.2) is 0 Å². The predicted octanol–water partition coefficient (Wildman–Crippen LogP) is 0.546. The standard InChI is InChI=1S/C9H18O3/c10-5-7-12-6-4-8-2-1-3-9(8)11/h8-11H,1-7H2. The van der Waals surface area contributed by atoms with E-state index in [9.17, 15) is 5.11 Å². The molecule has 1 aliphatic rings. The van der Waals surface area contributed by atoms with Crippen LogP contribution in [0.3, 0.4) is 0 Å². The van der Waals surface area contributed by atoms with Gasteiger partial charge in [0.25, 0.3) is 0 Å². The topological polar surface area (TPSA) is 49.7 Å². The summed E-state index contributed by atoms with van der Waals surface area (Å²) in [5.41, 5.74) is 0. The number of aliphatic hydroxyl groups is 2. The SMILES string of the molecule is OCCOCCC1CCCC1O. The van der Waals surface area contributed by atoms with Gasteiger partial charge in [0.2, 0.25) is 0 Å². The maximum Gasteiger partial charge on any atom is 0.0697 e. The summed E-state index contributed by atoms with van der Waals surface area (Å²) in [5.74, 6) is 0.434. The van der Waals surface area contributed by atoms with Gasteiger partial charge in [-0.05, 0) is 25.2 Å². The molecule has 0 amide bonds. The first-order valence-electron chi connectivity index (χ1n) is 4.71. The van der Waals surface area contributed by atoms with Crippen molar-refractivity contribution in [3.63, 3.8) is 0 Å². The van der Waals surface area contributed by atoms with E-state index in [1.54, 1.807) is 0 Å². The van der Waals surface area contributed by atoms with Crippen LogP contribution in [0, 0.1) is 5.92 Å². The molecule has 1 saturated carbocycles. The summed E-state index contributed by atoms with van der Waals surface area (Å²) < 4.78 is 5.13. The Morgan fingerprint density at radius 2 is 2.08 bits per heavy atom. The quantitative estimate of drug-likeness (QED) is 0.598. The van der Waals surface area contributed by atoms with E-state index in [0.29, 0.717) is 19.1 Å². The van der Waals surface area contributed by atoms with Gasteiger partial charge in [-0.25, -0.2) is 0 Å². The van der Waals surface area contributed by atoms with E-state index in [1.807, 2.05) is 0 Å². The molecule has 0 spiro atoms. The van der Waals surface area contributed by atoms with Crippen molar-refractivity contribution in [2.75, 3.05) is 19.8 Å². The van der Waals surface area contributed by atoms with Crippen molar-refractivity contribution >= 4 is 0 Å². The minimum atomic E-state index is -0.109. The van der Waals surface area contributed by atoms with Crippen LogP contribution in [0.4, 0.5) is 0 Å². The summed E-state index contributed by atoms with van der Waals surface area (Å²) >= 11 is 0. The van der Waals surface area contributed by atoms with Crippen LogP contribution < -0.4 is 0 Å². The third-order valence-electron chi connectivity index (χ3n) is 2.49. The molecular formula is C9H18O3. The predicted molar refractivity (Wildman–Crippen MR) is 45.9 cm³/mol. The van der Waals surface area contributed by atoms with Crippen molar-refractivity contribution in [2.45, 2.75) is 31.8 Å². The molecule has 0 heterocycles. The van der Waals surface area contributed by atoms with Gasteiger partial charge in [0, 0.05) is 6.61 Å². The Morgan fingerprint density at radius 3 is 2.67 bits per heavy atom. The van der Waals surface area contributed by atoms with E-state index >= 15 is 0 Å². The Morgan fingerprint density at radius 1 is 1.25 bits per heavy atom. The largest absolute Gasteiger partial charge is 0.394 e. The van der Waals surface area contributed by atoms with Crippen LogP contribution >= 0.6 is 0 Å². The van der Waals surface area contributed by atoms with Crippen molar-refractivity contribution in [1.29, 1.82) is 0 Å². The molecule has 0 aromatic rings. The summed E-state index contributed by atoms with van der Waals surface area (Å²) in [5, 5.41) is 17.9. The lowest BCUT2D eigenvalue weighted by atomic mass is 10.0. The molecule has 0 radical (unpaired) electrons. The van der Waals surface area contributed by atoms with Crippen molar-refractivity contribution in [3.05, 3.63) is 0 Å². The summed E-state index contributed by atoms with van der Waals surface area (Å²) in [4.78, 5) is 0. The van der Waals surface area contributed by atoms with Crippen LogP contribution in [-0.2, 0) is 4.74 Å². The van der Waals surface area contributed by atoms with Gasteiger partial charge >= 0.3 is 0 Å². The Hall–Kier alpha value is -0.120. The maximum atomic E-state index is 9.44. The Bertz CT molecular complexity index is 116. The number of aliphatic hydroxyl groups excluding tert-OH is 2. The van der Waals surface area contributed by atoms with Crippen molar-refractivity contribution < 1.29 is 14.9 Å². The first kappa shape index (κ1) is 9.96. The van der Waals surface area contributed by atoms with Gasteiger partial charge < -0.3 is 14.9 Å². The first-order chi connectivity index (χ1) is 5.84. The summed E-state index contributed by atoms with van der Waals surface area (Å²) in [6, 6.07) is 0. The smallest absolute Gasteiger partial charge is 0.0697 e. The van der Waals surface area contributed by atoms with E-state index < -0.39 is 0 Å². The van der Waals surface area contributed by atoms with Gasteiger partial charge in [0.1, 0.15) is 0 Å². The van der Waals surface area contributed by atoms with Crippen LogP contribution in [-0.4, -0.2) is 36.1 Å². The molecule has 2 atom stereocenters. The molecule has 0 saturated heterocycles. The molecule has 12 heavy (non-hydrogen) atoms. The zero-order valence-electron chi connectivity index (χ0n) is 7.41. The van der Waals surface area contributed by atoms with E-state index in [1.165, 1.54) is 0 Å². The second-order valence-electron chi connectivity index (χ2n) is 3.38. The van der Waals surface area contributed by atoms with Crippen LogP contribution in [0.2, 0.25) is 0 Å². The fourth-order valence-corrected chi connectivity index (χ4v) is 1.76. The lowest BCUT2D eigenvalue weighted by Crippen LogP contribution is -2.15. The normalized spacial score (nSPS) is 29.5. The van der Waals surface area contributed by atoms with Gasteiger partial charge in [-0.2, -0.15) is 0 Å². The number of hydrogen-bond donors (Lipinski definition) is 2. The Balaban J connectivity index is 1.98. The Labute approximate surface area is 73.4 Å².